The fraction of sp³-hybridized carbons (Fsp3) is 0.700. The molecule has 4 heteroatoms. The lowest BCUT2D eigenvalue weighted by atomic mass is 9.92. The summed E-state index contributed by atoms with van der Waals surface area (Å²) in [6.45, 7) is 7.25. The van der Waals surface area contributed by atoms with E-state index in [0.29, 0.717) is 12.6 Å². The number of rotatable bonds is 3. The second-order valence-corrected chi connectivity index (χ2v) is 4.93. The third kappa shape index (κ3) is 3.80. The molecule has 3 nitrogen and oxygen atoms in total. The number of carbonyl (C=O) groups is 1. The second-order valence-electron chi connectivity index (χ2n) is 3.81. The minimum atomic E-state index is 0.152. The van der Waals surface area contributed by atoms with Gasteiger partial charge in [-0.1, -0.05) is 22.5 Å². The SMILES string of the molecule is C=C(Br)CNC(=O)C1CCNC(C)C1. The summed E-state index contributed by atoms with van der Waals surface area (Å²) in [6.07, 6.45) is 1.87. The molecule has 2 unspecified atom stereocenters. The molecule has 1 heterocycles. The maximum atomic E-state index is 11.6. The van der Waals surface area contributed by atoms with Crippen molar-refractivity contribution in [3.63, 3.8) is 0 Å². The molecule has 80 valence electrons. The van der Waals surface area contributed by atoms with Crippen LogP contribution < -0.4 is 10.6 Å². The van der Waals surface area contributed by atoms with Crippen LogP contribution in [0.25, 0.3) is 0 Å². The van der Waals surface area contributed by atoms with Crippen molar-refractivity contribution in [3.05, 3.63) is 11.1 Å². The van der Waals surface area contributed by atoms with Crippen LogP contribution in [0, 0.1) is 5.92 Å². The van der Waals surface area contributed by atoms with Crippen molar-refractivity contribution in [1.82, 2.24) is 10.6 Å². The van der Waals surface area contributed by atoms with Gasteiger partial charge in [-0.2, -0.15) is 0 Å². The smallest absolute Gasteiger partial charge is 0.223 e. The molecule has 0 saturated carbocycles. The second kappa shape index (κ2) is 5.51. The lowest BCUT2D eigenvalue weighted by Crippen LogP contribution is -2.42. The van der Waals surface area contributed by atoms with Gasteiger partial charge in [0.05, 0.1) is 0 Å². The molecule has 2 N–H and O–H groups in total. The molecule has 1 fully saturated rings. The van der Waals surface area contributed by atoms with Crippen molar-refractivity contribution < 1.29 is 4.79 Å². The lowest BCUT2D eigenvalue weighted by molar-refractivity contribution is -0.125. The topological polar surface area (TPSA) is 41.1 Å². The van der Waals surface area contributed by atoms with Gasteiger partial charge in [0.1, 0.15) is 0 Å². The minimum absolute atomic E-state index is 0.152. The molecule has 0 radical (unpaired) electrons. The predicted molar refractivity (Wildman–Crippen MR) is 61.3 cm³/mol. The van der Waals surface area contributed by atoms with Crippen LogP contribution in [0.3, 0.4) is 0 Å². The van der Waals surface area contributed by atoms with Crippen LogP contribution in [-0.4, -0.2) is 25.0 Å². The van der Waals surface area contributed by atoms with Gasteiger partial charge < -0.3 is 10.6 Å². The summed E-state index contributed by atoms with van der Waals surface area (Å²) < 4.78 is 0.813. The van der Waals surface area contributed by atoms with Crippen molar-refractivity contribution in [2.75, 3.05) is 13.1 Å². The van der Waals surface area contributed by atoms with E-state index in [1.54, 1.807) is 0 Å². The Morgan fingerprint density at radius 3 is 3.00 bits per heavy atom. The summed E-state index contributed by atoms with van der Waals surface area (Å²) >= 11 is 3.22. The van der Waals surface area contributed by atoms with E-state index in [1.807, 2.05) is 0 Å². The molecule has 1 aliphatic rings. The largest absolute Gasteiger partial charge is 0.351 e. The Labute approximate surface area is 93.5 Å². The van der Waals surface area contributed by atoms with Crippen molar-refractivity contribution in [3.8, 4) is 0 Å². The summed E-state index contributed by atoms with van der Waals surface area (Å²) in [5, 5.41) is 6.18. The third-order valence-electron chi connectivity index (χ3n) is 2.45. The monoisotopic (exact) mass is 260 g/mol. The first-order valence-corrected chi connectivity index (χ1v) is 5.73. The van der Waals surface area contributed by atoms with Gasteiger partial charge >= 0.3 is 0 Å². The van der Waals surface area contributed by atoms with Crippen LogP contribution in [0.5, 0.6) is 0 Å². The zero-order chi connectivity index (χ0) is 10.6. The van der Waals surface area contributed by atoms with E-state index >= 15 is 0 Å². The minimum Gasteiger partial charge on any atom is -0.351 e. The molecule has 0 aromatic carbocycles. The Balaban J connectivity index is 2.32. The van der Waals surface area contributed by atoms with Gasteiger partial charge in [0, 0.05) is 23.0 Å². The normalized spacial score (nSPS) is 27.0. The standard InChI is InChI=1S/C10H17BrN2O/c1-7(11)6-13-10(14)9-3-4-12-8(2)5-9/h8-9,12H,1,3-6H2,2H3,(H,13,14). The summed E-state index contributed by atoms with van der Waals surface area (Å²) in [6, 6.07) is 0.451. The van der Waals surface area contributed by atoms with Crippen molar-refractivity contribution in [1.29, 1.82) is 0 Å². The molecular weight excluding hydrogens is 244 g/mol. The first-order chi connectivity index (χ1) is 6.59. The number of piperidine rings is 1. The molecule has 1 rings (SSSR count). The quantitative estimate of drug-likeness (QED) is 0.806. The van der Waals surface area contributed by atoms with Crippen LogP contribution in [0.1, 0.15) is 19.8 Å². The van der Waals surface area contributed by atoms with Gasteiger partial charge in [0.15, 0.2) is 0 Å². The van der Waals surface area contributed by atoms with Crippen LogP contribution >= 0.6 is 15.9 Å². The van der Waals surface area contributed by atoms with Crippen molar-refractivity contribution >= 4 is 21.8 Å². The van der Waals surface area contributed by atoms with Crippen LogP contribution in [0.2, 0.25) is 0 Å². The number of amides is 1. The molecule has 1 saturated heterocycles. The summed E-state index contributed by atoms with van der Waals surface area (Å²) in [5.74, 6) is 0.317. The molecule has 2 atom stereocenters. The van der Waals surface area contributed by atoms with Gasteiger partial charge in [0.2, 0.25) is 5.91 Å². The average Bonchev–Trinajstić information content (AvgIpc) is 2.14. The molecule has 0 aliphatic carbocycles. The van der Waals surface area contributed by atoms with E-state index < -0.39 is 0 Å². The molecule has 14 heavy (non-hydrogen) atoms. The Kier molecular flexibility index (Phi) is 4.62. The molecule has 0 aromatic rings. The van der Waals surface area contributed by atoms with Crippen molar-refractivity contribution in [2.45, 2.75) is 25.8 Å². The molecule has 0 bridgehead atoms. The van der Waals surface area contributed by atoms with E-state index in [2.05, 4.69) is 40.1 Å². The van der Waals surface area contributed by atoms with E-state index in [1.165, 1.54) is 0 Å². The van der Waals surface area contributed by atoms with Gasteiger partial charge in [-0.25, -0.2) is 0 Å². The molecular formula is C10H17BrN2O. The molecule has 0 spiro atoms. The first kappa shape index (κ1) is 11.7. The maximum Gasteiger partial charge on any atom is 0.223 e. The first-order valence-electron chi connectivity index (χ1n) is 4.94. The summed E-state index contributed by atoms with van der Waals surface area (Å²) in [5.41, 5.74) is 0. The fourth-order valence-corrected chi connectivity index (χ4v) is 1.84. The molecule has 1 aliphatic heterocycles. The summed E-state index contributed by atoms with van der Waals surface area (Å²) in [4.78, 5) is 11.6. The third-order valence-corrected chi connectivity index (χ3v) is 2.73. The fourth-order valence-electron chi connectivity index (χ4n) is 1.70. The van der Waals surface area contributed by atoms with E-state index in [9.17, 15) is 4.79 Å². The Morgan fingerprint density at radius 1 is 1.71 bits per heavy atom. The highest BCUT2D eigenvalue weighted by Gasteiger charge is 2.24. The Bertz CT molecular complexity index is 230. The number of hydrogen-bond donors (Lipinski definition) is 2. The number of hydrogen-bond acceptors (Lipinski definition) is 2. The van der Waals surface area contributed by atoms with Crippen LogP contribution in [-0.2, 0) is 4.79 Å². The highest BCUT2D eigenvalue weighted by molar-refractivity contribution is 9.11. The van der Waals surface area contributed by atoms with E-state index in [4.69, 9.17) is 0 Å². The summed E-state index contributed by atoms with van der Waals surface area (Å²) in [7, 11) is 0. The van der Waals surface area contributed by atoms with Gasteiger partial charge in [0.25, 0.3) is 0 Å². The van der Waals surface area contributed by atoms with Crippen LogP contribution in [0.4, 0.5) is 0 Å². The zero-order valence-corrected chi connectivity index (χ0v) is 10.1. The van der Waals surface area contributed by atoms with Gasteiger partial charge in [-0.3, -0.25) is 4.79 Å². The van der Waals surface area contributed by atoms with Gasteiger partial charge in [-0.15, -0.1) is 0 Å². The highest BCUT2D eigenvalue weighted by atomic mass is 79.9. The maximum absolute atomic E-state index is 11.6. The number of carbonyl (C=O) groups excluding carboxylic acids is 1. The van der Waals surface area contributed by atoms with Crippen LogP contribution in [0.15, 0.2) is 11.1 Å². The van der Waals surface area contributed by atoms with Gasteiger partial charge in [-0.05, 0) is 26.3 Å². The lowest BCUT2D eigenvalue weighted by Gasteiger charge is -2.27. The Hall–Kier alpha value is -0.350. The number of halogens is 1. The average molecular weight is 261 g/mol. The zero-order valence-electron chi connectivity index (χ0n) is 8.48. The highest BCUT2D eigenvalue weighted by Crippen LogP contribution is 2.16. The predicted octanol–water partition coefficient (Wildman–Crippen LogP) is 1.40. The molecule has 0 aromatic heterocycles. The van der Waals surface area contributed by atoms with Crippen molar-refractivity contribution in [2.24, 2.45) is 5.92 Å². The number of nitrogens with one attached hydrogen (secondary N) is 2. The van der Waals surface area contributed by atoms with E-state index in [-0.39, 0.29) is 11.8 Å². The van der Waals surface area contributed by atoms with E-state index in [0.717, 1.165) is 23.9 Å². The Morgan fingerprint density at radius 2 is 2.43 bits per heavy atom. The molecule has 1 amide bonds.